The van der Waals surface area contributed by atoms with Crippen LogP contribution in [0.5, 0.6) is 0 Å². The Morgan fingerprint density at radius 1 is 1.15 bits per heavy atom. The van der Waals surface area contributed by atoms with Crippen molar-refractivity contribution in [1.29, 1.82) is 0 Å². The average Bonchev–Trinajstić information content (AvgIpc) is 2.14. The molecule has 0 heterocycles. The van der Waals surface area contributed by atoms with E-state index in [2.05, 4.69) is 23.2 Å². The third-order valence-electron chi connectivity index (χ3n) is 1.69. The molecule has 0 spiro atoms. The summed E-state index contributed by atoms with van der Waals surface area (Å²) in [4.78, 5) is 2.23. The molecular weight excluding hydrogens is 164 g/mol. The standard InChI is InChI=1S/C10H18N2O/c1-3-5-9-12(8-4-2)10-6-7-11-13/h3-4,7,13H,1-2,5-6,8-10H2/b11-7+. The van der Waals surface area contributed by atoms with Gasteiger partial charge in [-0.15, -0.1) is 18.3 Å². The van der Waals surface area contributed by atoms with Crippen molar-refractivity contribution < 1.29 is 5.21 Å². The third kappa shape index (κ3) is 7.28. The van der Waals surface area contributed by atoms with Gasteiger partial charge in [-0.2, -0.15) is 0 Å². The van der Waals surface area contributed by atoms with E-state index in [0.717, 1.165) is 32.5 Å². The SMILES string of the molecule is C=CCCN(CC=C)CC/C=N/O. The van der Waals surface area contributed by atoms with Crippen LogP contribution in [-0.2, 0) is 0 Å². The lowest BCUT2D eigenvalue weighted by Crippen LogP contribution is -2.26. The van der Waals surface area contributed by atoms with Crippen LogP contribution in [0.25, 0.3) is 0 Å². The smallest absolute Gasteiger partial charge is 0.0448 e. The molecule has 74 valence electrons. The molecule has 0 aromatic carbocycles. The predicted octanol–water partition coefficient (Wildman–Crippen LogP) is 1.90. The van der Waals surface area contributed by atoms with Gasteiger partial charge in [0, 0.05) is 25.8 Å². The van der Waals surface area contributed by atoms with Crippen LogP contribution in [0.2, 0.25) is 0 Å². The summed E-state index contributed by atoms with van der Waals surface area (Å²) in [7, 11) is 0. The molecule has 0 bridgehead atoms. The molecule has 0 aromatic heterocycles. The number of rotatable bonds is 8. The number of nitrogens with zero attached hydrogens (tertiary/aromatic N) is 2. The Labute approximate surface area is 80.0 Å². The van der Waals surface area contributed by atoms with Crippen LogP contribution in [-0.4, -0.2) is 36.0 Å². The lowest BCUT2D eigenvalue weighted by Gasteiger charge is -2.18. The normalized spacial score (nSPS) is 10.8. The molecular formula is C10H18N2O. The zero-order valence-electron chi connectivity index (χ0n) is 8.02. The second-order valence-corrected chi connectivity index (χ2v) is 2.75. The second kappa shape index (κ2) is 9.00. The lowest BCUT2D eigenvalue weighted by molar-refractivity contribution is 0.307. The fourth-order valence-corrected chi connectivity index (χ4v) is 1.05. The first-order valence-corrected chi connectivity index (χ1v) is 4.45. The van der Waals surface area contributed by atoms with Crippen LogP contribution in [0.1, 0.15) is 12.8 Å². The maximum atomic E-state index is 8.20. The Hall–Kier alpha value is -1.09. The highest BCUT2D eigenvalue weighted by Crippen LogP contribution is 1.94. The van der Waals surface area contributed by atoms with E-state index in [1.165, 1.54) is 6.21 Å². The Morgan fingerprint density at radius 3 is 2.38 bits per heavy atom. The zero-order valence-corrected chi connectivity index (χ0v) is 8.02. The molecule has 3 nitrogen and oxygen atoms in total. The minimum Gasteiger partial charge on any atom is -0.411 e. The van der Waals surface area contributed by atoms with E-state index in [1.807, 2.05) is 12.2 Å². The van der Waals surface area contributed by atoms with Crippen molar-refractivity contribution in [3.63, 3.8) is 0 Å². The fourth-order valence-electron chi connectivity index (χ4n) is 1.05. The van der Waals surface area contributed by atoms with Gasteiger partial charge in [0.05, 0.1) is 0 Å². The van der Waals surface area contributed by atoms with E-state index in [1.54, 1.807) is 0 Å². The average molecular weight is 182 g/mol. The van der Waals surface area contributed by atoms with Gasteiger partial charge in [0.2, 0.25) is 0 Å². The summed E-state index contributed by atoms with van der Waals surface area (Å²) < 4.78 is 0. The van der Waals surface area contributed by atoms with Crippen LogP contribution < -0.4 is 0 Å². The molecule has 0 unspecified atom stereocenters. The summed E-state index contributed by atoms with van der Waals surface area (Å²) in [6.45, 7) is 10.1. The minimum absolute atomic E-state index is 0.765. The molecule has 0 amide bonds. The molecule has 3 heteroatoms. The van der Waals surface area contributed by atoms with Crippen molar-refractivity contribution in [3.8, 4) is 0 Å². The molecule has 0 saturated carbocycles. The Bertz CT molecular complexity index is 166. The summed E-state index contributed by atoms with van der Waals surface area (Å²) in [5.74, 6) is 0. The zero-order chi connectivity index (χ0) is 9.94. The van der Waals surface area contributed by atoms with Crippen LogP contribution in [0.3, 0.4) is 0 Å². The predicted molar refractivity (Wildman–Crippen MR) is 56.3 cm³/mol. The van der Waals surface area contributed by atoms with Gasteiger partial charge in [-0.1, -0.05) is 12.2 Å². The molecule has 0 rings (SSSR count). The van der Waals surface area contributed by atoms with Gasteiger partial charge in [0.25, 0.3) is 0 Å². The molecule has 1 N–H and O–H groups in total. The number of oxime groups is 1. The molecule has 13 heavy (non-hydrogen) atoms. The number of hydrogen-bond donors (Lipinski definition) is 1. The van der Waals surface area contributed by atoms with E-state index < -0.39 is 0 Å². The highest BCUT2D eigenvalue weighted by molar-refractivity contribution is 5.56. The van der Waals surface area contributed by atoms with Gasteiger partial charge >= 0.3 is 0 Å². The van der Waals surface area contributed by atoms with Crippen LogP contribution in [0, 0.1) is 0 Å². The van der Waals surface area contributed by atoms with E-state index in [9.17, 15) is 0 Å². The van der Waals surface area contributed by atoms with E-state index in [0.29, 0.717) is 0 Å². The van der Waals surface area contributed by atoms with Gasteiger partial charge in [-0.05, 0) is 12.8 Å². The first kappa shape index (κ1) is 11.9. The molecule has 0 aliphatic rings. The molecule has 0 aliphatic carbocycles. The monoisotopic (exact) mass is 182 g/mol. The fraction of sp³-hybridized carbons (Fsp3) is 0.500. The van der Waals surface area contributed by atoms with Crippen molar-refractivity contribution in [2.45, 2.75) is 12.8 Å². The Morgan fingerprint density at radius 2 is 1.85 bits per heavy atom. The lowest BCUT2D eigenvalue weighted by atomic mass is 10.3. The molecule has 0 atom stereocenters. The summed E-state index contributed by atoms with van der Waals surface area (Å²) in [5.41, 5.74) is 0. The van der Waals surface area contributed by atoms with Gasteiger partial charge in [-0.25, -0.2) is 0 Å². The molecule has 0 saturated heterocycles. The molecule has 0 fully saturated rings. The van der Waals surface area contributed by atoms with Crippen molar-refractivity contribution in [2.24, 2.45) is 5.16 Å². The highest BCUT2D eigenvalue weighted by atomic mass is 16.4. The van der Waals surface area contributed by atoms with Crippen LogP contribution in [0.4, 0.5) is 0 Å². The van der Waals surface area contributed by atoms with Crippen molar-refractivity contribution in [1.82, 2.24) is 4.90 Å². The van der Waals surface area contributed by atoms with Crippen LogP contribution >= 0.6 is 0 Å². The first-order chi connectivity index (χ1) is 6.35. The van der Waals surface area contributed by atoms with Gasteiger partial charge in [0.1, 0.15) is 0 Å². The van der Waals surface area contributed by atoms with E-state index >= 15 is 0 Å². The quantitative estimate of drug-likeness (QED) is 0.269. The van der Waals surface area contributed by atoms with E-state index in [4.69, 9.17) is 5.21 Å². The number of hydrogen-bond acceptors (Lipinski definition) is 3. The highest BCUT2D eigenvalue weighted by Gasteiger charge is 1.99. The van der Waals surface area contributed by atoms with E-state index in [-0.39, 0.29) is 0 Å². The summed E-state index contributed by atoms with van der Waals surface area (Å²) in [6.07, 6.45) is 7.02. The maximum Gasteiger partial charge on any atom is 0.0448 e. The molecule has 0 aliphatic heterocycles. The second-order valence-electron chi connectivity index (χ2n) is 2.75. The van der Waals surface area contributed by atoms with Gasteiger partial charge in [0.15, 0.2) is 0 Å². The summed E-state index contributed by atoms with van der Waals surface area (Å²) in [6, 6.07) is 0. The molecule has 0 aromatic rings. The van der Waals surface area contributed by atoms with Gasteiger partial charge in [-0.3, -0.25) is 4.90 Å². The van der Waals surface area contributed by atoms with Crippen LogP contribution in [0.15, 0.2) is 30.5 Å². The molecule has 0 radical (unpaired) electrons. The first-order valence-electron chi connectivity index (χ1n) is 4.45. The Balaban J connectivity index is 3.64. The maximum absolute atomic E-state index is 8.20. The Kier molecular flexibility index (Phi) is 8.25. The van der Waals surface area contributed by atoms with Crippen molar-refractivity contribution in [3.05, 3.63) is 25.3 Å². The van der Waals surface area contributed by atoms with Crippen molar-refractivity contribution in [2.75, 3.05) is 19.6 Å². The van der Waals surface area contributed by atoms with Gasteiger partial charge < -0.3 is 5.21 Å². The summed E-state index contributed by atoms with van der Waals surface area (Å²) >= 11 is 0. The van der Waals surface area contributed by atoms with Crippen molar-refractivity contribution >= 4 is 6.21 Å². The largest absolute Gasteiger partial charge is 0.411 e. The minimum atomic E-state index is 0.765. The summed E-state index contributed by atoms with van der Waals surface area (Å²) in [5, 5.41) is 11.2. The topological polar surface area (TPSA) is 35.8 Å². The third-order valence-corrected chi connectivity index (χ3v) is 1.69.